The molecule has 0 aliphatic heterocycles. The summed E-state index contributed by atoms with van der Waals surface area (Å²) in [5, 5.41) is 0. The number of esters is 1. The number of halogens is 1. The summed E-state index contributed by atoms with van der Waals surface area (Å²) in [7, 11) is 0. The van der Waals surface area contributed by atoms with Crippen LogP contribution in [0.3, 0.4) is 0 Å². The molecular formula is C16H11BrO3. The molecule has 0 atom stereocenters. The highest BCUT2D eigenvalue weighted by molar-refractivity contribution is 9.10. The van der Waals surface area contributed by atoms with Crippen LogP contribution in [0.15, 0.2) is 51.4 Å². The zero-order valence-electron chi connectivity index (χ0n) is 10.5. The highest BCUT2D eigenvalue weighted by Crippen LogP contribution is 2.24. The number of benzene rings is 1. The molecule has 0 amide bonds. The molecule has 1 aromatic carbocycles. The van der Waals surface area contributed by atoms with Gasteiger partial charge in [-0.1, -0.05) is 34.0 Å². The van der Waals surface area contributed by atoms with Crippen molar-refractivity contribution in [3.05, 3.63) is 52.7 Å². The van der Waals surface area contributed by atoms with E-state index >= 15 is 0 Å². The highest BCUT2D eigenvalue weighted by atomic mass is 79.9. The van der Waals surface area contributed by atoms with E-state index in [2.05, 4.69) is 21.9 Å². The zero-order valence-corrected chi connectivity index (χ0v) is 12.1. The van der Waals surface area contributed by atoms with Gasteiger partial charge in [-0.3, -0.25) is 0 Å². The van der Waals surface area contributed by atoms with Crippen LogP contribution in [0.1, 0.15) is 5.76 Å². The Morgan fingerprint density at radius 2 is 2.05 bits per heavy atom. The average Bonchev–Trinajstić information content (AvgIpc) is 2.92. The van der Waals surface area contributed by atoms with Gasteiger partial charge < -0.3 is 9.15 Å². The molecule has 0 aliphatic carbocycles. The van der Waals surface area contributed by atoms with Crippen molar-refractivity contribution in [1.82, 2.24) is 0 Å². The fraction of sp³-hybridized carbons (Fsp3) is 0.0625. The van der Waals surface area contributed by atoms with E-state index in [9.17, 15) is 4.79 Å². The molecule has 0 spiro atoms. The molecule has 0 fully saturated rings. The first-order chi connectivity index (χ1) is 9.69. The summed E-state index contributed by atoms with van der Waals surface area (Å²) in [6.45, 7) is -0.0362. The molecule has 2 aromatic rings. The molecule has 3 nitrogen and oxygen atoms in total. The van der Waals surface area contributed by atoms with Gasteiger partial charge in [-0.2, -0.15) is 0 Å². The third kappa shape index (κ3) is 3.87. The van der Waals surface area contributed by atoms with Gasteiger partial charge in [-0.15, -0.1) is 6.42 Å². The molecular weight excluding hydrogens is 320 g/mol. The zero-order chi connectivity index (χ0) is 14.4. The van der Waals surface area contributed by atoms with Crippen LogP contribution < -0.4 is 0 Å². The fourth-order valence-electron chi connectivity index (χ4n) is 1.52. The summed E-state index contributed by atoms with van der Waals surface area (Å²) in [4.78, 5) is 11.2. The number of hydrogen-bond acceptors (Lipinski definition) is 3. The molecule has 1 heterocycles. The minimum Gasteiger partial charge on any atom is -0.457 e. The Labute approximate surface area is 125 Å². The minimum atomic E-state index is -0.496. The Balaban J connectivity index is 2.06. The number of carbonyl (C=O) groups is 1. The number of hydrogen-bond donors (Lipinski definition) is 0. The van der Waals surface area contributed by atoms with E-state index in [0.717, 1.165) is 15.8 Å². The van der Waals surface area contributed by atoms with Crippen molar-refractivity contribution in [2.45, 2.75) is 0 Å². The average molecular weight is 331 g/mol. The topological polar surface area (TPSA) is 39.4 Å². The van der Waals surface area contributed by atoms with Crippen LogP contribution in [0.25, 0.3) is 17.4 Å². The second-order valence-corrected chi connectivity index (χ2v) is 4.77. The summed E-state index contributed by atoms with van der Waals surface area (Å²) >= 11 is 3.38. The van der Waals surface area contributed by atoms with E-state index in [0.29, 0.717) is 5.76 Å². The lowest BCUT2D eigenvalue weighted by molar-refractivity contribution is -0.136. The molecule has 4 heteroatoms. The molecule has 0 saturated heterocycles. The highest BCUT2D eigenvalue weighted by Gasteiger charge is 2.03. The monoisotopic (exact) mass is 330 g/mol. The van der Waals surface area contributed by atoms with Crippen LogP contribution in [0.4, 0.5) is 0 Å². The van der Waals surface area contributed by atoms with Gasteiger partial charge in [-0.05, 0) is 30.3 Å². The minimum absolute atomic E-state index is 0.0362. The largest absolute Gasteiger partial charge is 0.457 e. The van der Waals surface area contributed by atoms with Crippen molar-refractivity contribution in [2.75, 3.05) is 6.61 Å². The van der Waals surface area contributed by atoms with Crippen LogP contribution in [0, 0.1) is 12.3 Å². The van der Waals surface area contributed by atoms with Gasteiger partial charge >= 0.3 is 5.97 Å². The second kappa shape index (κ2) is 6.78. The van der Waals surface area contributed by atoms with Crippen LogP contribution in [-0.4, -0.2) is 12.6 Å². The molecule has 100 valence electrons. The quantitative estimate of drug-likeness (QED) is 0.485. The maximum atomic E-state index is 11.2. The Hall–Kier alpha value is -2.25. The first-order valence-corrected chi connectivity index (χ1v) is 6.62. The summed E-state index contributed by atoms with van der Waals surface area (Å²) in [6, 6.07) is 11.4. The van der Waals surface area contributed by atoms with Gasteiger partial charge in [0, 0.05) is 16.1 Å². The van der Waals surface area contributed by atoms with Crippen LogP contribution in [0.2, 0.25) is 0 Å². The van der Waals surface area contributed by atoms with E-state index in [1.807, 2.05) is 30.3 Å². The Morgan fingerprint density at radius 3 is 2.75 bits per heavy atom. The van der Waals surface area contributed by atoms with Crippen LogP contribution >= 0.6 is 15.9 Å². The van der Waals surface area contributed by atoms with Crippen molar-refractivity contribution in [2.24, 2.45) is 0 Å². The molecule has 0 N–H and O–H groups in total. The smallest absolute Gasteiger partial charge is 0.331 e. The molecule has 1 aromatic heterocycles. The maximum Gasteiger partial charge on any atom is 0.331 e. The summed E-state index contributed by atoms with van der Waals surface area (Å²) in [5.41, 5.74) is 0.961. The molecule has 0 unspecified atom stereocenters. The molecule has 2 rings (SSSR count). The first-order valence-electron chi connectivity index (χ1n) is 5.83. The van der Waals surface area contributed by atoms with Crippen molar-refractivity contribution in [3.63, 3.8) is 0 Å². The van der Waals surface area contributed by atoms with Crippen molar-refractivity contribution >= 4 is 28.0 Å². The summed E-state index contributed by atoms with van der Waals surface area (Å²) in [6.07, 6.45) is 7.81. The normalized spacial score (nSPS) is 10.4. The van der Waals surface area contributed by atoms with Crippen LogP contribution in [0.5, 0.6) is 0 Å². The van der Waals surface area contributed by atoms with Gasteiger partial charge in [0.2, 0.25) is 0 Å². The van der Waals surface area contributed by atoms with Crippen molar-refractivity contribution in [3.8, 4) is 23.7 Å². The lowest BCUT2D eigenvalue weighted by Gasteiger charge is -1.96. The summed E-state index contributed by atoms with van der Waals surface area (Å²) in [5.74, 6) is 3.03. The Kier molecular flexibility index (Phi) is 4.80. The maximum absolute atomic E-state index is 11.2. The van der Waals surface area contributed by atoms with Crippen molar-refractivity contribution < 1.29 is 13.9 Å². The predicted molar refractivity (Wildman–Crippen MR) is 80.7 cm³/mol. The summed E-state index contributed by atoms with van der Waals surface area (Å²) < 4.78 is 11.3. The molecule has 0 aliphatic rings. The van der Waals surface area contributed by atoms with Gasteiger partial charge in [0.15, 0.2) is 6.61 Å². The molecule has 0 bridgehead atoms. The number of carbonyl (C=O) groups excluding carboxylic acids is 1. The fourth-order valence-corrected chi connectivity index (χ4v) is 1.79. The van der Waals surface area contributed by atoms with Crippen LogP contribution in [-0.2, 0) is 9.53 Å². The third-order valence-electron chi connectivity index (χ3n) is 2.44. The van der Waals surface area contributed by atoms with Crippen molar-refractivity contribution in [1.29, 1.82) is 0 Å². The van der Waals surface area contributed by atoms with E-state index in [4.69, 9.17) is 15.6 Å². The van der Waals surface area contributed by atoms with E-state index in [1.54, 1.807) is 12.1 Å². The Bertz CT molecular complexity index is 660. The number of rotatable bonds is 4. The lowest BCUT2D eigenvalue weighted by Crippen LogP contribution is -1.99. The van der Waals surface area contributed by atoms with Gasteiger partial charge in [-0.25, -0.2) is 4.79 Å². The van der Waals surface area contributed by atoms with Gasteiger partial charge in [0.25, 0.3) is 0 Å². The number of terminal acetylenes is 1. The first kappa shape index (κ1) is 14.2. The van der Waals surface area contributed by atoms with E-state index < -0.39 is 5.97 Å². The van der Waals surface area contributed by atoms with Gasteiger partial charge in [0.05, 0.1) is 0 Å². The second-order valence-electron chi connectivity index (χ2n) is 3.85. The molecule has 20 heavy (non-hydrogen) atoms. The molecule has 0 radical (unpaired) electrons. The van der Waals surface area contributed by atoms with Gasteiger partial charge in [0.1, 0.15) is 11.5 Å². The molecule has 0 saturated carbocycles. The van der Waals surface area contributed by atoms with E-state index in [1.165, 1.54) is 6.08 Å². The number of ether oxygens (including phenoxy) is 1. The van der Waals surface area contributed by atoms with E-state index in [-0.39, 0.29) is 6.61 Å². The lowest BCUT2D eigenvalue weighted by atomic mass is 10.2. The SMILES string of the molecule is C#CCOC(=O)/C=C/c1ccc(-c2ccc(Br)cc2)o1. The third-order valence-corrected chi connectivity index (χ3v) is 2.97. The standard InChI is InChI=1S/C16H11BrO3/c1-2-11-19-16(18)10-8-14-7-9-15(20-14)12-3-5-13(17)6-4-12/h1,3-10H,11H2/b10-8+. The number of furan rings is 1. The predicted octanol–water partition coefficient (Wildman–Crippen LogP) is 3.90. The Morgan fingerprint density at radius 1 is 1.30 bits per heavy atom.